The molecule has 0 aliphatic rings. The zero-order valence-electron chi connectivity index (χ0n) is 13.7. The number of anilines is 1. The Morgan fingerprint density at radius 3 is 2.74 bits per heavy atom. The first-order valence-corrected chi connectivity index (χ1v) is 9.47. The van der Waals surface area contributed by atoms with E-state index < -0.39 is 4.92 Å². The molecule has 4 rings (SSSR count). The van der Waals surface area contributed by atoms with Crippen molar-refractivity contribution in [3.05, 3.63) is 76.5 Å². The highest BCUT2D eigenvalue weighted by atomic mass is 32.2. The van der Waals surface area contributed by atoms with Crippen LogP contribution in [-0.4, -0.2) is 16.1 Å². The van der Waals surface area contributed by atoms with Gasteiger partial charge in [0, 0.05) is 12.1 Å². The number of nitro groups is 1. The van der Waals surface area contributed by atoms with Crippen LogP contribution in [0.25, 0.3) is 10.2 Å². The molecule has 0 spiro atoms. The van der Waals surface area contributed by atoms with Crippen molar-refractivity contribution in [1.29, 1.82) is 0 Å². The van der Waals surface area contributed by atoms with Crippen molar-refractivity contribution in [2.75, 3.05) is 5.43 Å². The van der Waals surface area contributed by atoms with Crippen molar-refractivity contribution in [1.82, 2.24) is 4.98 Å². The average Bonchev–Trinajstić information content (AvgIpc) is 3.28. The summed E-state index contributed by atoms with van der Waals surface area (Å²) in [6.45, 7) is 0. The molecule has 2 heterocycles. The first-order chi connectivity index (χ1) is 13.2. The van der Waals surface area contributed by atoms with Crippen LogP contribution in [0, 0.1) is 10.1 Å². The molecule has 0 aliphatic heterocycles. The van der Waals surface area contributed by atoms with Crippen molar-refractivity contribution in [3.63, 3.8) is 0 Å². The van der Waals surface area contributed by atoms with Crippen LogP contribution >= 0.6 is 23.1 Å². The Morgan fingerprint density at radius 2 is 1.96 bits per heavy atom. The number of nitrogens with zero attached hydrogens (tertiary/aromatic N) is 3. The lowest BCUT2D eigenvalue weighted by molar-refractivity contribution is -0.384. The molecule has 9 heteroatoms. The fourth-order valence-corrected chi connectivity index (χ4v) is 4.24. The third kappa shape index (κ3) is 4.15. The lowest BCUT2D eigenvalue weighted by atomic mass is 10.3. The number of nitrogens with one attached hydrogen (secondary N) is 1. The van der Waals surface area contributed by atoms with E-state index in [1.165, 1.54) is 23.9 Å². The number of furan rings is 1. The molecular formula is C18H12N4O3S2. The Hall–Kier alpha value is -3.17. The number of aromatic nitrogens is 1. The molecule has 0 bridgehead atoms. The Bertz CT molecular complexity index is 1090. The predicted molar refractivity (Wildman–Crippen MR) is 107 cm³/mol. The van der Waals surface area contributed by atoms with Crippen LogP contribution in [0.15, 0.2) is 79.6 Å². The number of rotatable bonds is 6. The molecule has 0 radical (unpaired) electrons. The normalized spacial score (nSPS) is 11.3. The number of hydrogen-bond donors (Lipinski definition) is 1. The molecule has 134 valence electrons. The summed E-state index contributed by atoms with van der Waals surface area (Å²) < 4.78 is 7.78. The Kier molecular flexibility index (Phi) is 4.86. The second-order valence-corrected chi connectivity index (χ2v) is 7.66. The van der Waals surface area contributed by atoms with Crippen molar-refractivity contribution < 1.29 is 9.34 Å². The Labute approximate surface area is 161 Å². The fourth-order valence-electron chi connectivity index (χ4n) is 2.27. The highest BCUT2D eigenvalue weighted by molar-refractivity contribution is 8.01. The van der Waals surface area contributed by atoms with Gasteiger partial charge < -0.3 is 4.42 Å². The number of nitro benzene ring substituents is 1. The molecule has 0 amide bonds. The molecule has 2 aromatic carbocycles. The molecule has 0 atom stereocenters. The number of non-ortho nitro benzene ring substituents is 1. The zero-order chi connectivity index (χ0) is 18.6. The second-order valence-electron chi connectivity index (χ2n) is 5.38. The minimum atomic E-state index is -0.444. The number of hydrogen-bond acceptors (Lipinski definition) is 8. The van der Waals surface area contributed by atoms with E-state index >= 15 is 0 Å². The number of benzene rings is 2. The van der Waals surface area contributed by atoms with Gasteiger partial charge in [-0.1, -0.05) is 12.1 Å². The van der Waals surface area contributed by atoms with Crippen LogP contribution in [0.3, 0.4) is 0 Å². The number of thiazole rings is 1. The number of hydrazone groups is 1. The predicted octanol–water partition coefficient (Wildman–Crippen LogP) is 5.39. The number of para-hydroxylation sites is 1. The summed E-state index contributed by atoms with van der Waals surface area (Å²) >= 11 is 3.08. The monoisotopic (exact) mass is 396 g/mol. The lowest BCUT2D eigenvalue weighted by Gasteiger charge is -1.98. The average molecular weight is 396 g/mol. The van der Waals surface area contributed by atoms with Crippen LogP contribution in [0.2, 0.25) is 0 Å². The maximum absolute atomic E-state index is 10.6. The van der Waals surface area contributed by atoms with Gasteiger partial charge in [0.1, 0.15) is 5.76 Å². The van der Waals surface area contributed by atoms with Gasteiger partial charge in [-0.15, -0.1) is 11.3 Å². The summed E-state index contributed by atoms with van der Waals surface area (Å²) in [4.78, 5) is 14.8. The van der Waals surface area contributed by atoms with E-state index in [2.05, 4.69) is 15.5 Å². The van der Waals surface area contributed by atoms with E-state index in [-0.39, 0.29) is 5.69 Å². The van der Waals surface area contributed by atoms with E-state index in [1.807, 2.05) is 36.4 Å². The van der Waals surface area contributed by atoms with Gasteiger partial charge in [-0.3, -0.25) is 15.5 Å². The Morgan fingerprint density at radius 1 is 1.15 bits per heavy atom. The van der Waals surface area contributed by atoms with E-state index in [0.29, 0.717) is 11.4 Å². The van der Waals surface area contributed by atoms with Gasteiger partial charge in [0.2, 0.25) is 0 Å². The summed E-state index contributed by atoms with van der Waals surface area (Å²) in [5.41, 5.74) is 4.46. The lowest BCUT2D eigenvalue weighted by Crippen LogP contribution is -1.91. The maximum atomic E-state index is 10.6. The van der Waals surface area contributed by atoms with Gasteiger partial charge in [0.05, 0.1) is 27.0 Å². The SMILES string of the molecule is O=[N+]([O-])c1ccc(N/N=C\c2ccc(Sc3nc4ccccc4s3)o2)cc1. The van der Waals surface area contributed by atoms with Gasteiger partial charge in [-0.25, -0.2) is 4.98 Å². The van der Waals surface area contributed by atoms with Gasteiger partial charge in [0.15, 0.2) is 9.43 Å². The quantitative estimate of drug-likeness (QED) is 0.267. The molecule has 2 aromatic heterocycles. The van der Waals surface area contributed by atoms with Crippen molar-refractivity contribution >= 4 is 50.9 Å². The van der Waals surface area contributed by atoms with Crippen LogP contribution in [0.5, 0.6) is 0 Å². The topological polar surface area (TPSA) is 93.6 Å². The highest BCUT2D eigenvalue weighted by Gasteiger charge is 2.08. The van der Waals surface area contributed by atoms with Gasteiger partial charge >= 0.3 is 0 Å². The third-order valence-electron chi connectivity index (χ3n) is 3.53. The largest absolute Gasteiger partial charge is 0.448 e. The van der Waals surface area contributed by atoms with E-state index in [9.17, 15) is 10.1 Å². The zero-order valence-corrected chi connectivity index (χ0v) is 15.4. The second kappa shape index (κ2) is 7.60. The molecule has 0 saturated heterocycles. The Balaban J connectivity index is 1.38. The molecule has 0 aliphatic carbocycles. The van der Waals surface area contributed by atoms with Crippen LogP contribution in [0.4, 0.5) is 11.4 Å². The van der Waals surface area contributed by atoms with Crippen molar-refractivity contribution in [2.24, 2.45) is 5.10 Å². The molecule has 0 fully saturated rings. The summed E-state index contributed by atoms with van der Waals surface area (Å²) in [7, 11) is 0. The molecule has 0 saturated carbocycles. The molecule has 7 nitrogen and oxygen atoms in total. The van der Waals surface area contributed by atoms with Crippen molar-refractivity contribution in [2.45, 2.75) is 9.43 Å². The van der Waals surface area contributed by atoms with Gasteiger partial charge in [-0.05, 0) is 48.2 Å². The minimum absolute atomic E-state index is 0.0343. The maximum Gasteiger partial charge on any atom is 0.269 e. The standard InChI is InChI=1S/C18H12N4O3S2/c23-22(24)13-7-5-12(6-8-13)21-19-11-14-9-10-17(25-14)27-18-20-15-3-1-2-4-16(15)26-18/h1-11,21H/b19-11-. The smallest absolute Gasteiger partial charge is 0.269 e. The molecule has 1 N–H and O–H groups in total. The van der Waals surface area contributed by atoms with Crippen LogP contribution < -0.4 is 5.43 Å². The fraction of sp³-hybridized carbons (Fsp3) is 0. The number of fused-ring (bicyclic) bond motifs is 1. The summed E-state index contributed by atoms with van der Waals surface area (Å²) in [6.07, 6.45) is 1.55. The van der Waals surface area contributed by atoms with Gasteiger partial charge in [-0.2, -0.15) is 5.10 Å². The molecular weight excluding hydrogens is 384 g/mol. The first-order valence-electron chi connectivity index (χ1n) is 7.84. The van der Waals surface area contributed by atoms with Crippen LogP contribution in [-0.2, 0) is 0 Å². The van der Waals surface area contributed by atoms with Crippen molar-refractivity contribution in [3.8, 4) is 0 Å². The van der Waals surface area contributed by atoms with E-state index in [4.69, 9.17) is 4.42 Å². The highest BCUT2D eigenvalue weighted by Crippen LogP contribution is 2.34. The van der Waals surface area contributed by atoms with Crippen LogP contribution in [0.1, 0.15) is 5.76 Å². The summed E-state index contributed by atoms with van der Waals surface area (Å²) in [5, 5.41) is 15.4. The molecule has 27 heavy (non-hydrogen) atoms. The van der Waals surface area contributed by atoms with Gasteiger partial charge in [0.25, 0.3) is 5.69 Å². The molecule has 4 aromatic rings. The third-order valence-corrected chi connectivity index (χ3v) is 5.55. The van der Waals surface area contributed by atoms with E-state index in [0.717, 1.165) is 19.6 Å². The summed E-state index contributed by atoms with van der Waals surface area (Å²) in [5.74, 6) is 0.591. The molecule has 0 unspecified atom stereocenters. The minimum Gasteiger partial charge on any atom is -0.448 e. The summed E-state index contributed by atoms with van der Waals surface area (Å²) in [6, 6.07) is 17.7. The van der Waals surface area contributed by atoms with E-state index in [1.54, 1.807) is 29.7 Å². The first kappa shape index (κ1) is 17.3.